The lowest BCUT2D eigenvalue weighted by Crippen LogP contribution is -2.34. The van der Waals surface area contributed by atoms with Crippen molar-refractivity contribution in [3.63, 3.8) is 0 Å². The average Bonchev–Trinajstić information content (AvgIpc) is 2.62. The molecule has 0 bridgehead atoms. The van der Waals surface area contributed by atoms with Crippen molar-refractivity contribution < 1.29 is 14.3 Å². The van der Waals surface area contributed by atoms with Crippen LogP contribution in [0, 0.1) is 0 Å². The van der Waals surface area contributed by atoms with Crippen molar-refractivity contribution in [3.05, 3.63) is 64.7 Å². The minimum absolute atomic E-state index is 0.196. The van der Waals surface area contributed by atoms with Gasteiger partial charge in [0.25, 0.3) is 5.91 Å². The molecule has 0 unspecified atom stereocenters. The van der Waals surface area contributed by atoms with Crippen LogP contribution in [0.4, 0.5) is 5.69 Å². The molecule has 0 saturated heterocycles. The standard InChI is InChI=1S/C20H21BrN2O3S/c1-4-25-18-9-8-14(10-17(18)21)19(24)23-20(27)22-15-6-5-7-16(11-15)26-12-13(2)3/h5-11H,2,4,12H2,1,3H3,(H2,22,23,24,27). The van der Waals surface area contributed by atoms with Crippen molar-refractivity contribution in [2.75, 3.05) is 18.5 Å². The topological polar surface area (TPSA) is 59.6 Å². The molecule has 0 radical (unpaired) electrons. The van der Waals surface area contributed by atoms with Crippen molar-refractivity contribution in [1.29, 1.82) is 0 Å². The highest BCUT2D eigenvalue weighted by Gasteiger charge is 2.11. The molecular weight excluding hydrogens is 428 g/mol. The summed E-state index contributed by atoms with van der Waals surface area (Å²) >= 11 is 8.62. The van der Waals surface area contributed by atoms with E-state index in [9.17, 15) is 4.79 Å². The number of benzene rings is 2. The lowest BCUT2D eigenvalue weighted by Gasteiger charge is -2.12. The van der Waals surface area contributed by atoms with Gasteiger partial charge >= 0.3 is 0 Å². The zero-order valence-corrected chi connectivity index (χ0v) is 17.6. The zero-order valence-electron chi connectivity index (χ0n) is 15.2. The Kier molecular flexibility index (Phi) is 7.82. The van der Waals surface area contributed by atoms with Gasteiger partial charge < -0.3 is 14.8 Å². The molecule has 142 valence electrons. The summed E-state index contributed by atoms with van der Waals surface area (Å²) < 4.78 is 11.7. The highest BCUT2D eigenvalue weighted by atomic mass is 79.9. The summed E-state index contributed by atoms with van der Waals surface area (Å²) in [5.74, 6) is 1.06. The molecule has 0 fully saturated rings. The second-order valence-corrected chi connectivity index (χ2v) is 7.02. The van der Waals surface area contributed by atoms with Crippen molar-refractivity contribution in [1.82, 2.24) is 5.32 Å². The van der Waals surface area contributed by atoms with E-state index in [0.29, 0.717) is 40.4 Å². The van der Waals surface area contributed by atoms with Gasteiger partial charge in [-0.05, 0) is 77.9 Å². The molecule has 27 heavy (non-hydrogen) atoms. The van der Waals surface area contributed by atoms with Gasteiger partial charge in [-0.25, -0.2) is 0 Å². The number of nitrogens with one attached hydrogen (secondary N) is 2. The van der Waals surface area contributed by atoms with Gasteiger partial charge in [0, 0.05) is 17.3 Å². The molecule has 0 atom stereocenters. The molecule has 0 aliphatic rings. The molecule has 2 rings (SSSR count). The van der Waals surface area contributed by atoms with E-state index in [4.69, 9.17) is 21.7 Å². The van der Waals surface area contributed by atoms with Gasteiger partial charge in [0.2, 0.25) is 0 Å². The quantitative estimate of drug-likeness (QED) is 0.464. The Labute approximate surface area is 172 Å². The number of ether oxygens (including phenoxy) is 2. The highest BCUT2D eigenvalue weighted by Crippen LogP contribution is 2.26. The smallest absolute Gasteiger partial charge is 0.257 e. The first-order valence-corrected chi connectivity index (χ1v) is 9.51. The van der Waals surface area contributed by atoms with Gasteiger partial charge in [0.15, 0.2) is 5.11 Å². The summed E-state index contributed by atoms with van der Waals surface area (Å²) in [4.78, 5) is 12.4. The second-order valence-electron chi connectivity index (χ2n) is 5.76. The molecule has 1 amide bonds. The lowest BCUT2D eigenvalue weighted by atomic mass is 10.2. The fraction of sp³-hybridized carbons (Fsp3) is 0.200. The second kappa shape index (κ2) is 10.1. The Hall–Kier alpha value is -2.38. The van der Waals surface area contributed by atoms with E-state index in [1.165, 1.54) is 0 Å². The van der Waals surface area contributed by atoms with Gasteiger partial charge in [-0.1, -0.05) is 12.6 Å². The fourth-order valence-electron chi connectivity index (χ4n) is 2.12. The van der Waals surface area contributed by atoms with Gasteiger partial charge in [0.05, 0.1) is 11.1 Å². The molecule has 0 aliphatic heterocycles. The molecule has 0 aromatic heterocycles. The van der Waals surface area contributed by atoms with Crippen LogP contribution in [-0.4, -0.2) is 24.2 Å². The molecular formula is C20H21BrN2O3S. The number of halogens is 1. The minimum Gasteiger partial charge on any atom is -0.493 e. The molecule has 2 aromatic rings. The predicted octanol–water partition coefficient (Wildman–Crippen LogP) is 4.93. The van der Waals surface area contributed by atoms with Crippen LogP contribution in [0.2, 0.25) is 0 Å². The van der Waals surface area contributed by atoms with Crippen molar-refractivity contribution in [2.45, 2.75) is 13.8 Å². The number of carbonyl (C=O) groups is 1. The van der Waals surface area contributed by atoms with E-state index < -0.39 is 0 Å². The molecule has 5 nitrogen and oxygen atoms in total. The van der Waals surface area contributed by atoms with Gasteiger partial charge in [-0.15, -0.1) is 0 Å². The van der Waals surface area contributed by atoms with Gasteiger partial charge in [-0.2, -0.15) is 0 Å². The van der Waals surface area contributed by atoms with E-state index in [0.717, 1.165) is 5.57 Å². The van der Waals surface area contributed by atoms with Crippen LogP contribution in [0.5, 0.6) is 11.5 Å². The van der Waals surface area contributed by atoms with E-state index in [2.05, 4.69) is 33.1 Å². The summed E-state index contributed by atoms with van der Waals surface area (Å²) in [6, 6.07) is 12.4. The minimum atomic E-state index is -0.314. The normalized spacial score (nSPS) is 10.0. The number of amides is 1. The zero-order chi connectivity index (χ0) is 19.8. The third kappa shape index (κ3) is 6.69. The van der Waals surface area contributed by atoms with Crippen LogP contribution in [-0.2, 0) is 0 Å². The Balaban J connectivity index is 1.97. The van der Waals surface area contributed by atoms with E-state index >= 15 is 0 Å². The summed E-state index contributed by atoms with van der Waals surface area (Å²) in [6.07, 6.45) is 0. The Morgan fingerprint density at radius 2 is 2.00 bits per heavy atom. The average molecular weight is 449 g/mol. The molecule has 2 aromatic carbocycles. The number of thiocarbonyl (C=S) groups is 1. The molecule has 7 heteroatoms. The van der Waals surface area contributed by atoms with Crippen molar-refractivity contribution >= 4 is 44.9 Å². The Morgan fingerprint density at radius 1 is 1.22 bits per heavy atom. The Morgan fingerprint density at radius 3 is 2.67 bits per heavy atom. The number of anilines is 1. The van der Waals surface area contributed by atoms with Crippen LogP contribution in [0.3, 0.4) is 0 Å². The molecule has 0 heterocycles. The van der Waals surface area contributed by atoms with Crippen LogP contribution >= 0.6 is 28.1 Å². The number of hydrogen-bond donors (Lipinski definition) is 2. The summed E-state index contributed by atoms with van der Waals surface area (Å²) in [5.41, 5.74) is 2.11. The summed E-state index contributed by atoms with van der Waals surface area (Å²) in [5, 5.41) is 5.83. The molecule has 0 saturated carbocycles. The van der Waals surface area contributed by atoms with E-state index in [1.54, 1.807) is 24.3 Å². The maximum Gasteiger partial charge on any atom is 0.257 e. The number of hydrogen-bond acceptors (Lipinski definition) is 4. The Bertz CT molecular complexity index is 855. The number of carbonyl (C=O) groups excluding carboxylic acids is 1. The predicted molar refractivity (Wildman–Crippen MR) is 116 cm³/mol. The maximum atomic E-state index is 12.4. The lowest BCUT2D eigenvalue weighted by molar-refractivity contribution is 0.0977. The third-order valence-corrected chi connectivity index (χ3v) is 4.12. The van der Waals surface area contributed by atoms with Gasteiger partial charge in [0.1, 0.15) is 18.1 Å². The van der Waals surface area contributed by atoms with Gasteiger partial charge in [-0.3, -0.25) is 10.1 Å². The molecule has 2 N–H and O–H groups in total. The van der Waals surface area contributed by atoms with Crippen molar-refractivity contribution in [2.24, 2.45) is 0 Å². The molecule has 0 aliphatic carbocycles. The SMILES string of the molecule is C=C(C)COc1cccc(NC(=S)NC(=O)c2ccc(OCC)c(Br)c2)c1. The first kappa shape index (κ1) is 20.9. The van der Waals surface area contributed by atoms with Crippen LogP contribution in [0.25, 0.3) is 0 Å². The maximum absolute atomic E-state index is 12.4. The highest BCUT2D eigenvalue weighted by molar-refractivity contribution is 9.10. The largest absolute Gasteiger partial charge is 0.493 e. The van der Waals surface area contributed by atoms with E-state index in [-0.39, 0.29) is 11.0 Å². The summed E-state index contributed by atoms with van der Waals surface area (Å²) in [6.45, 7) is 8.59. The monoisotopic (exact) mass is 448 g/mol. The number of rotatable bonds is 7. The first-order chi connectivity index (χ1) is 12.9. The fourth-order valence-corrected chi connectivity index (χ4v) is 2.83. The van der Waals surface area contributed by atoms with Crippen molar-refractivity contribution in [3.8, 4) is 11.5 Å². The van der Waals surface area contributed by atoms with Crippen LogP contribution < -0.4 is 20.1 Å². The van der Waals surface area contributed by atoms with Crippen LogP contribution in [0.15, 0.2) is 59.1 Å². The van der Waals surface area contributed by atoms with Crippen LogP contribution in [0.1, 0.15) is 24.2 Å². The summed E-state index contributed by atoms with van der Waals surface area (Å²) in [7, 11) is 0. The first-order valence-electron chi connectivity index (χ1n) is 8.31. The van der Waals surface area contributed by atoms with E-state index in [1.807, 2.05) is 32.0 Å². The third-order valence-electron chi connectivity index (χ3n) is 3.30. The molecule has 0 spiro atoms.